The van der Waals surface area contributed by atoms with Gasteiger partial charge >= 0.3 is 0 Å². The smallest absolute Gasteiger partial charge is 0.124 e. The largest absolute Gasteiger partial charge is 0.146 e. The summed E-state index contributed by atoms with van der Waals surface area (Å²) >= 11 is 22.4. The van der Waals surface area contributed by atoms with Gasteiger partial charge in [0.1, 0.15) is 32.3 Å². The Morgan fingerprint density at radius 3 is 0.587 bits per heavy atom. The molecule has 0 aliphatic carbocycles. The van der Waals surface area contributed by atoms with Gasteiger partial charge in [0.05, 0.1) is 75.1 Å². The summed E-state index contributed by atoms with van der Waals surface area (Å²) in [5.41, 5.74) is 23.3. The van der Waals surface area contributed by atoms with Crippen molar-refractivity contribution in [2.75, 3.05) is 23.0 Å². The van der Waals surface area contributed by atoms with Crippen LogP contribution in [0.5, 0.6) is 0 Å². The summed E-state index contributed by atoms with van der Waals surface area (Å²) in [5, 5.41) is 1.36. The molecule has 0 amide bonds. The Morgan fingerprint density at radius 1 is 0.272 bits per heavy atom. The first kappa shape index (κ1) is 82.1. The molecule has 0 bridgehead atoms. The lowest BCUT2D eigenvalue weighted by Gasteiger charge is -2.38. The van der Waals surface area contributed by atoms with Crippen molar-refractivity contribution in [1.82, 2.24) is 0 Å². The van der Waals surface area contributed by atoms with Crippen LogP contribution in [0.2, 0.25) is 66.5 Å². The molecule has 5 rings (SSSR count). The third kappa shape index (κ3) is 19.1. The predicted molar refractivity (Wildman–Crippen MR) is 448 cm³/mol. The lowest BCUT2D eigenvalue weighted by atomic mass is 10.2. The zero-order valence-electron chi connectivity index (χ0n) is 60.7. The highest BCUT2D eigenvalue weighted by molar-refractivity contribution is 8.43. The lowest BCUT2D eigenvalue weighted by molar-refractivity contribution is 0.838. The van der Waals surface area contributed by atoms with Crippen molar-refractivity contribution in [3.8, 4) is 45.9 Å². The van der Waals surface area contributed by atoms with Crippen LogP contribution in [0.1, 0.15) is 194 Å². The average Bonchev–Trinajstić information content (AvgIpc) is 1.02. The molecule has 16 heteroatoms. The summed E-state index contributed by atoms with van der Waals surface area (Å²) in [6.07, 6.45) is 0. The van der Waals surface area contributed by atoms with Crippen LogP contribution in [0.4, 0.5) is 0 Å². The molecule has 0 nitrogen and oxygen atoms in total. The molecular formula is C76H104S12Si4. The van der Waals surface area contributed by atoms with E-state index >= 15 is 0 Å². The van der Waals surface area contributed by atoms with Gasteiger partial charge in [0.25, 0.3) is 0 Å². The first-order chi connectivity index (χ1) is 43.3. The van der Waals surface area contributed by atoms with Crippen LogP contribution in [-0.2, 0) is 0 Å². The van der Waals surface area contributed by atoms with Crippen LogP contribution >= 0.6 is 141 Å². The molecule has 1 aromatic carbocycles. The van der Waals surface area contributed by atoms with E-state index in [1.807, 2.05) is 94.1 Å². The molecule has 0 unspecified atom stereocenters. The molecule has 496 valence electrons. The van der Waals surface area contributed by atoms with Crippen molar-refractivity contribution in [3.63, 3.8) is 0 Å². The first-order valence-corrected chi connectivity index (χ1v) is 52.8. The summed E-state index contributed by atoms with van der Waals surface area (Å²) in [4.78, 5) is 3.66. The average molecular weight is 1510 g/mol. The maximum atomic E-state index is 4.14. The van der Waals surface area contributed by atoms with E-state index < -0.39 is 32.3 Å². The quantitative estimate of drug-likeness (QED) is 0.0902. The van der Waals surface area contributed by atoms with Crippen LogP contribution in [0, 0.1) is 94.4 Å². The molecular weight excluding hydrogens is 1410 g/mol. The minimum Gasteiger partial charge on any atom is -0.124 e. The monoisotopic (exact) mass is 1510 g/mol. The Kier molecular flexibility index (Phi) is 33.2. The number of fused-ring (bicyclic) bond motifs is 2. The molecule has 0 radical (unpaired) electrons. The Morgan fingerprint density at radius 2 is 0.435 bits per heavy atom. The molecule has 0 atom stereocenters. The van der Waals surface area contributed by atoms with Crippen molar-refractivity contribution < 1.29 is 0 Å². The summed E-state index contributed by atoms with van der Waals surface area (Å²) in [7, 11) is -9.03. The van der Waals surface area contributed by atoms with Gasteiger partial charge in [0.2, 0.25) is 0 Å². The van der Waals surface area contributed by atoms with Gasteiger partial charge in [-0.25, -0.2) is 0 Å². The van der Waals surface area contributed by atoms with Gasteiger partial charge in [-0.2, -0.15) is 0 Å². The van der Waals surface area contributed by atoms with Crippen LogP contribution in [0.3, 0.4) is 0 Å². The van der Waals surface area contributed by atoms with Crippen molar-refractivity contribution in [2.24, 2.45) is 0 Å². The fourth-order valence-electron chi connectivity index (χ4n) is 14.2. The zero-order chi connectivity index (χ0) is 68.8. The molecule has 4 heterocycles. The van der Waals surface area contributed by atoms with E-state index in [-0.39, 0.29) is 0 Å². The summed E-state index contributed by atoms with van der Waals surface area (Å²) in [6.45, 7) is 66.5. The van der Waals surface area contributed by atoms with Crippen molar-refractivity contribution in [3.05, 3.63) is 92.9 Å². The second-order valence-electron chi connectivity index (χ2n) is 27.3. The van der Waals surface area contributed by atoms with Gasteiger partial charge in [-0.15, -0.1) is 69.2 Å². The lowest BCUT2D eigenvalue weighted by Crippen LogP contribution is -2.43. The van der Waals surface area contributed by atoms with Crippen LogP contribution in [-0.4, -0.2) is 55.3 Å². The van der Waals surface area contributed by atoms with E-state index in [2.05, 4.69) is 288 Å². The maximum absolute atomic E-state index is 4.14. The highest BCUT2D eigenvalue weighted by Crippen LogP contribution is 2.65. The summed E-state index contributed by atoms with van der Waals surface area (Å²) < 4.78 is 10.6. The SMILES string of the molecule is CCSC1=C(SCC)SC(=C2Sc3c#cc(=C(C#C[Si](C(C)C)(C(C)C)C(C)C)C#C[Si](C(C)C)(C(C)C)C(C)C)c#cc4c(c#cc(=C(C#C[Si](C(C)C)(C(C)C)C(C)C)C#C[Si](C(C)C)(C(C)C)C(C)C)c#cc3S2)SC(=C2SC(SCC)=C(SCC)S2)S4)S1. The number of rotatable bonds is 20. The minimum absolute atomic E-state index is 0.439. The fourth-order valence-corrected chi connectivity index (χ4v) is 51.5. The Hall–Kier alpha value is -0.532. The number of hydrogen-bond donors (Lipinski definition) is 0. The van der Waals surface area contributed by atoms with E-state index in [0.29, 0.717) is 76.9 Å². The fraction of sp³-hybridized carbons (Fsp3) is 0.579. The van der Waals surface area contributed by atoms with Gasteiger partial charge in [0.15, 0.2) is 0 Å². The third-order valence-corrected chi connectivity index (χ3v) is 60.1. The van der Waals surface area contributed by atoms with E-state index in [1.165, 1.54) is 33.9 Å². The number of thioether (sulfide) groups is 12. The van der Waals surface area contributed by atoms with E-state index in [4.69, 9.17) is 0 Å². The second kappa shape index (κ2) is 37.2. The summed E-state index contributed by atoms with van der Waals surface area (Å²) in [5.74, 6) is 19.9. The third-order valence-electron chi connectivity index (χ3n) is 18.5. The normalized spacial score (nSPS) is 15.0. The molecule has 0 saturated heterocycles. The van der Waals surface area contributed by atoms with E-state index in [0.717, 1.165) is 53.7 Å². The maximum Gasteiger partial charge on any atom is 0.146 e. The Labute approximate surface area is 619 Å². The number of hydrogen-bond acceptors (Lipinski definition) is 12. The zero-order valence-corrected chi connectivity index (χ0v) is 74.5. The molecule has 0 aromatic heterocycles. The standard InChI is InChI=1S/C76H104S12Si4/c1-29-77-69-70(78-30-2)86-75(85-69)73-81-65-37-33-61(63(41-45-89(49(5)6,50(7)8)51(9)10)42-46-90(52(11)12,53(13)14)54(15)16)35-39-67-68(84-74(83-67)76-87-71(79-31-3)72(88-76)80-32-4)40-36-62(34-38-66(65)82-73)64(43-47-91(55(17)18,56(19)20)57(21)22)44-48-92(58(23)24,59(25)26)60(27)28/h49-60H,29-32H2,1-28H3. The van der Waals surface area contributed by atoms with Gasteiger partial charge in [-0.05, 0) is 114 Å². The molecule has 0 saturated carbocycles. The van der Waals surface area contributed by atoms with Gasteiger partial charge < -0.3 is 0 Å². The molecule has 4 aliphatic heterocycles. The van der Waals surface area contributed by atoms with E-state index in [9.17, 15) is 0 Å². The van der Waals surface area contributed by atoms with Gasteiger partial charge in [-0.1, -0.05) is 336 Å². The minimum atomic E-state index is -2.26. The van der Waals surface area contributed by atoms with Crippen molar-refractivity contribution >= 4 is 185 Å². The predicted octanol–water partition coefficient (Wildman–Crippen LogP) is 26.4. The highest BCUT2D eigenvalue weighted by Gasteiger charge is 2.45. The van der Waals surface area contributed by atoms with Crippen LogP contribution in [0.25, 0.3) is 11.1 Å². The summed E-state index contributed by atoms with van der Waals surface area (Å²) in [6, 6.07) is 30.7. The first-order valence-electron chi connectivity index (χ1n) is 33.4. The van der Waals surface area contributed by atoms with Gasteiger partial charge in [-0.3, -0.25) is 0 Å². The van der Waals surface area contributed by atoms with Crippen molar-refractivity contribution in [2.45, 2.75) is 280 Å². The molecule has 92 heavy (non-hydrogen) atoms. The molecule has 0 fully saturated rings. The molecule has 0 spiro atoms. The van der Waals surface area contributed by atoms with E-state index in [1.54, 1.807) is 47.0 Å². The van der Waals surface area contributed by atoms with Crippen molar-refractivity contribution in [1.29, 1.82) is 0 Å². The van der Waals surface area contributed by atoms with Crippen LogP contribution in [0.15, 0.2) is 53.5 Å². The Balaban J connectivity index is 2.22. The second-order valence-corrected chi connectivity index (χ2v) is 64.9. The molecule has 4 aliphatic rings. The molecule has 0 N–H and O–H groups in total. The highest BCUT2D eigenvalue weighted by atomic mass is 32.3. The Bertz CT molecular complexity index is 2950. The molecule has 1 aromatic rings. The van der Waals surface area contributed by atoms with Crippen LogP contribution < -0.4 is 10.4 Å². The topological polar surface area (TPSA) is 0 Å². The van der Waals surface area contributed by atoms with Gasteiger partial charge in [0, 0.05) is 0 Å².